The molecule has 0 aliphatic carbocycles. The molecule has 0 aliphatic rings. The third kappa shape index (κ3) is 4.12. The lowest BCUT2D eigenvalue weighted by Crippen LogP contribution is -1.98. The quantitative estimate of drug-likeness (QED) is 0.652. The van der Waals surface area contributed by atoms with Gasteiger partial charge in [0.25, 0.3) is 0 Å². The highest BCUT2D eigenvalue weighted by molar-refractivity contribution is 8.00. The maximum atomic E-state index is 13.8. The van der Waals surface area contributed by atoms with Crippen LogP contribution in [0.3, 0.4) is 0 Å². The first kappa shape index (κ1) is 14.6. The predicted octanol–water partition coefficient (Wildman–Crippen LogP) is 4.80. The number of benzene rings is 1. The second-order valence-electron chi connectivity index (χ2n) is 4.05. The molecule has 7 heteroatoms. The van der Waals surface area contributed by atoms with Gasteiger partial charge in [-0.2, -0.15) is 18.3 Å². The number of hydrogen-bond acceptors (Lipinski definition) is 2. The van der Waals surface area contributed by atoms with Gasteiger partial charge in [0.1, 0.15) is 5.69 Å². The van der Waals surface area contributed by atoms with E-state index in [-0.39, 0.29) is 22.4 Å². The summed E-state index contributed by atoms with van der Waals surface area (Å²) in [5, 5.41) is 6.37. The van der Waals surface area contributed by atoms with E-state index in [4.69, 9.17) is 0 Å². The van der Waals surface area contributed by atoms with Gasteiger partial charge in [-0.05, 0) is 48.5 Å². The fraction of sp³-hybridized carbons (Fsp3) is 0.154. The molecule has 0 radical (unpaired) electrons. The lowest BCUT2D eigenvalue weighted by Gasteiger charge is -2.05. The largest absolute Gasteiger partial charge is 0.446 e. The van der Waals surface area contributed by atoms with Gasteiger partial charge in [-0.15, -0.1) is 0 Å². The van der Waals surface area contributed by atoms with E-state index in [1.54, 1.807) is 13.0 Å². The predicted molar refractivity (Wildman–Crippen MR) is 70.7 cm³/mol. The van der Waals surface area contributed by atoms with Crippen LogP contribution in [0.5, 0.6) is 0 Å². The maximum Gasteiger partial charge on any atom is 0.446 e. The van der Waals surface area contributed by atoms with Crippen LogP contribution in [0.2, 0.25) is 0 Å². The second-order valence-corrected chi connectivity index (χ2v) is 5.18. The van der Waals surface area contributed by atoms with Crippen LogP contribution in [0.25, 0.3) is 11.9 Å². The molecule has 2 rings (SSSR count). The molecule has 2 nitrogen and oxygen atoms in total. The molecule has 20 heavy (non-hydrogen) atoms. The van der Waals surface area contributed by atoms with Gasteiger partial charge in [-0.3, -0.25) is 5.10 Å². The molecule has 0 saturated carbocycles. The minimum Gasteiger partial charge on any atom is -0.282 e. The van der Waals surface area contributed by atoms with Gasteiger partial charge in [0.05, 0.1) is 0 Å². The minimum absolute atomic E-state index is 0.0608. The molecule has 0 amide bonds. The number of alkyl halides is 3. The molecule has 1 heterocycles. The van der Waals surface area contributed by atoms with Crippen LogP contribution in [0.15, 0.2) is 35.2 Å². The summed E-state index contributed by atoms with van der Waals surface area (Å²) < 4.78 is 50.3. The number of nitrogens with one attached hydrogen (secondary N) is 1. The molecule has 0 fully saturated rings. The lowest BCUT2D eigenvalue weighted by atomic mass is 10.2. The Morgan fingerprint density at radius 3 is 2.40 bits per heavy atom. The Kier molecular flexibility index (Phi) is 4.17. The molecular weight excluding hydrogens is 292 g/mol. The lowest BCUT2D eigenvalue weighted by molar-refractivity contribution is -0.0328. The fourth-order valence-corrected chi connectivity index (χ4v) is 2.07. The zero-order chi connectivity index (χ0) is 14.8. The van der Waals surface area contributed by atoms with Crippen LogP contribution in [0.1, 0.15) is 17.0 Å². The molecule has 2 aromatic rings. The third-order valence-electron chi connectivity index (χ3n) is 2.36. The summed E-state index contributed by atoms with van der Waals surface area (Å²) in [7, 11) is 0. The molecule has 1 N–H and O–H groups in total. The Morgan fingerprint density at radius 1 is 1.25 bits per heavy atom. The number of aromatic nitrogens is 2. The number of nitrogens with zero attached hydrogens (tertiary/aromatic N) is 1. The van der Waals surface area contributed by atoms with Gasteiger partial charge < -0.3 is 0 Å². The van der Waals surface area contributed by atoms with E-state index in [1.807, 2.05) is 0 Å². The number of hydrogen-bond donors (Lipinski definition) is 1. The standard InChI is InChI=1S/C13H10F4N2S/c1-8-6-12(19-18-8)11(14)7-9-2-4-10(5-3-9)20-13(15,16)17/h2-7H,1H3,(H,18,19)/b11-7-. The molecule has 106 valence electrons. The van der Waals surface area contributed by atoms with Crippen molar-refractivity contribution in [2.24, 2.45) is 0 Å². The molecule has 1 aromatic heterocycles. The molecule has 1 aromatic carbocycles. The van der Waals surface area contributed by atoms with E-state index in [0.717, 1.165) is 5.69 Å². The summed E-state index contributed by atoms with van der Waals surface area (Å²) in [5.41, 5.74) is -2.97. The maximum absolute atomic E-state index is 13.8. The average molecular weight is 302 g/mol. The van der Waals surface area contributed by atoms with Gasteiger partial charge in [0.2, 0.25) is 0 Å². The Balaban J connectivity index is 2.14. The van der Waals surface area contributed by atoms with Crippen molar-refractivity contribution in [1.82, 2.24) is 10.2 Å². The van der Waals surface area contributed by atoms with E-state index in [9.17, 15) is 17.6 Å². The molecule has 0 spiro atoms. The molecule has 0 unspecified atom stereocenters. The summed E-state index contributed by atoms with van der Waals surface area (Å²) in [6, 6.07) is 6.99. The molecule has 0 atom stereocenters. The van der Waals surface area contributed by atoms with Crippen molar-refractivity contribution in [3.05, 3.63) is 47.3 Å². The van der Waals surface area contributed by atoms with Gasteiger partial charge in [-0.25, -0.2) is 4.39 Å². The van der Waals surface area contributed by atoms with Crippen molar-refractivity contribution in [2.75, 3.05) is 0 Å². The zero-order valence-electron chi connectivity index (χ0n) is 10.3. The van der Waals surface area contributed by atoms with Crippen molar-refractivity contribution in [3.63, 3.8) is 0 Å². The molecule has 0 aliphatic heterocycles. The number of aromatic amines is 1. The average Bonchev–Trinajstić information content (AvgIpc) is 2.77. The summed E-state index contributed by atoms with van der Waals surface area (Å²) in [6.07, 6.45) is 1.22. The highest BCUT2D eigenvalue weighted by Crippen LogP contribution is 2.36. The van der Waals surface area contributed by atoms with Crippen LogP contribution < -0.4 is 0 Å². The first-order valence-corrected chi connectivity index (χ1v) is 6.40. The van der Waals surface area contributed by atoms with E-state index in [0.29, 0.717) is 5.56 Å². The Hall–Kier alpha value is -1.76. The van der Waals surface area contributed by atoms with E-state index in [2.05, 4.69) is 10.2 Å². The van der Waals surface area contributed by atoms with Crippen LogP contribution in [0.4, 0.5) is 17.6 Å². The van der Waals surface area contributed by atoms with Crippen LogP contribution in [-0.2, 0) is 0 Å². The topological polar surface area (TPSA) is 28.7 Å². The third-order valence-corrected chi connectivity index (χ3v) is 3.10. The van der Waals surface area contributed by atoms with Crippen LogP contribution >= 0.6 is 11.8 Å². The number of halogens is 4. The summed E-state index contributed by atoms with van der Waals surface area (Å²) in [5.74, 6) is -0.550. The SMILES string of the molecule is Cc1cc(/C(F)=C/c2ccc(SC(F)(F)F)cc2)n[nH]1. The smallest absolute Gasteiger partial charge is 0.282 e. The van der Waals surface area contributed by atoms with Gasteiger partial charge in [0, 0.05) is 10.6 Å². The highest BCUT2D eigenvalue weighted by atomic mass is 32.2. The normalized spacial score (nSPS) is 12.8. The minimum atomic E-state index is -4.32. The summed E-state index contributed by atoms with van der Waals surface area (Å²) in [4.78, 5) is 0.0608. The first-order valence-electron chi connectivity index (χ1n) is 5.59. The van der Waals surface area contributed by atoms with Crippen molar-refractivity contribution in [3.8, 4) is 0 Å². The zero-order valence-corrected chi connectivity index (χ0v) is 11.1. The van der Waals surface area contributed by atoms with Crippen molar-refractivity contribution in [2.45, 2.75) is 17.3 Å². The first-order chi connectivity index (χ1) is 9.33. The Bertz CT molecular complexity index is 614. The molecule has 0 saturated heterocycles. The Labute approximate surface area is 116 Å². The molecular formula is C13H10F4N2S. The monoisotopic (exact) mass is 302 g/mol. The van der Waals surface area contributed by atoms with Crippen molar-refractivity contribution < 1.29 is 17.6 Å². The van der Waals surface area contributed by atoms with Crippen LogP contribution in [-0.4, -0.2) is 15.7 Å². The number of thioether (sulfide) groups is 1. The number of rotatable bonds is 3. The van der Waals surface area contributed by atoms with E-state index in [1.165, 1.54) is 30.3 Å². The van der Waals surface area contributed by atoms with Gasteiger partial charge in [-0.1, -0.05) is 12.1 Å². The Morgan fingerprint density at radius 2 is 1.90 bits per heavy atom. The van der Waals surface area contributed by atoms with Crippen LogP contribution in [0, 0.1) is 6.92 Å². The van der Waals surface area contributed by atoms with Gasteiger partial charge in [0.15, 0.2) is 5.83 Å². The van der Waals surface area contributed by atoms with Crippen molar-refractivity contribution in [1.29, 1.82) is 0 Å². The van der Waals surface area contributed by atoms with E-state index >= 15 is 0 Å². The number of aryl methyl sites for hydroxylation is 1. The molecule has 0 bridgehead atoms. The van der Waals surface area contributed by atoms with E-state index < -0.39 is 11.3 Å². The summed E-state index contributed by atoms with van der Waals surface area (Å²) in [6.45, 7) is 1.74. The summed E-state index contributed by atoms with van der Waals surface area (Å²) >= 11 is -0.204. The highest BCUT2D eigenvalue weighted by Gasteiger charge is 2.28. The second kappa shape index (κ2) is 5.70. The number of H-pyrrole nitrogens is 1. The fourth-order valence-electron chi connectivity index (χ4n) is 1.53. The van der Waals surface area contributed by atoms with Crippen molar-refractivity contribution >= 4 is 23.7 Å². The van der Waals surface area contributed by atoms with Gasteiger partial charge >= 0.3 is 5.51 Å².